The first-order valence-corrected chi connectivity index (χ1v) is 10.4. The zero-order chi connectivity index (χ0) is 20.9. The van der Waals surface area contributed by atoms with E-state index in [-0.39, 0.29) is 5.78 Å². The summed E-state index contributed by atoms with van der Waals surface area (Å²) in [5.41, 5.74) is 1.91. The molecule has 0 fully saturated rings. The van der Waals surface area contributed by atoms with Crippen LogP contribution in [0.4, 0.5) is 0 Å². The van der Waals surface area contributed by atoms with E-state index in [1.54, 1.807) is 42.6 Å². The van der Waals surface area contributed by atoms with Gasteiger partial charge in [0.05, 0.1) is 0 Å². The zero-order valence-electron chi connectivity index (χ0n) is 15.7. The average molecular weight is 412 g/mol. The number of Topliss-reactive ketones (excluding diaryl/α,β-unsaturated/α-hetero) is 1. The Morgan fingerprint density at radius 1 is 1.10 bits per heavy atom. The summed E-state index contributed by atoms with van der Waals surface area (Å²) >= 11 is 0. The van der Waals surface area contributed by atoms with Gasteiger partial charge in [0.25, 0.3) is 0 Å². The van der Waals surface area contributed by atoms with Crippen molar-refractivity contribution in [2.24, 2.45) is 0 Å². The van der Waals surface area contributed by atoms with Crippen LogP contribution in [-0.2, 0) is 19.6 Å². The summed E-state index contributed by atoms with van der Waals surface area (Å²) in [4.78, 5) is 27.5. The number of para-hydroxylation sites is 1. The Morgan fingerprint density at radius 2 is 1.79 bits per heavy atom. The molecular weight excluding hydrogens is 392 g/mol. The van der Waals surface area contributed by atoms with Crippen molar-refractivity contribution in [3.8, 4) is 0 Å². The zero-order valence-corrected chi connectivity index (χ0v) is 16.5. The fourth-order valence-electron chi connectivity index (χ4n) is 2.73. The molecule has 3 aromatic rings. The van der Waals surface area contributed by atoms with E-state index >= 15 is 0 Å². The maximum Gasteiger partial charge on any atom is 0.321 e. The van der Waals surface area contributed by atoms with Gasteiger partial charge in [0.15, 0.2) is 6.10 Å². The summed E-state index contributed by atoms with van der Waals surface area (Å²) in [6, 6.07) is 16.2. The van der Waals surface area contributed by atoms with Gasteiger partial charge in [0.2, 0.25) is 15.8 Å². The lowest BCUT2D eigenvalue weighted by Gasteiger charge is -2.12. The van der Waals surface area contributed by atoms with Gasteiger partial charge >= 0.3 is 5.97 Å². The maximum atomic E-state index is 12.6. The number of esters is 1. The molecule has 0 spiro atoms. The number of hydrogen-bond acceptors (Lipinski definition) is 5. The van der Waals surface area contributed by atoms with Crippen LogP contribution in [0.3, 0.4) is 0 Å². The number of rotatable bonds is 8. The van der Waals surface area contributed by atoms with Crippen molar-refractivity contribution in [1.82, 2.24) is 9.71 Å². The Balaban J connectivity index is 1.56. The molecule has 0 saturated carbocycles. The van der Waals surface area contributed by atoms with Crippen molar-refractivity contribution in [3.05, 3.63) is 77.3 Å². The van der Waals surface area contributed by atoms with Gasteiger partial charge in [0.1, 0.15) is 6.54 Å². The lowest BCUT2D eigenvalue weighted by molar-refractivity contribution is -0.144. The van der Waals surface area contributed by atoms with Crippen LogP contribution in [-0.4, -0.2) is 37.8 Å². The van der Waals surface area contributed by atoms with E-state index in [4.69, 9.17) is 4.74 Å². The second kappa shape index (κ2) is 8.85. The predicted molar refractivity (Wildman–Crippen MR) is 111 cm³/mol. The smallest absolute Gasteiger partial charge is 0.321 e. The Morgan fingerprint density at radius 3 is 2.55 bits per heavy atom. The minimum absolute atomic E-state index is 0.373. The summed E-state index contributed by atoms with van der Waals surface area (Å²) in [7, 11) is -3.82. The molecule has 0 aliphatic rings. The maximum absolute atomic E-state index is 12.6. The van der Waals surface area contributed by atoms with E-state index in [1.807, 2.05) is 18.2 Å². The molecule has 0 aliphatic heterocycles. The van der Waals surface area contributed by atoms with Gasteiger partial charge in [-0.05, 0) is 24.6 Å². The summed E-state index contributed by atoms with van der Waals surface area (Å²) in [6.45, 7) is 0.874. The van der Waals surface area contributed by atoms with Crippen molar-refractivity contribution < 1.29 is 22.7 Å². The first-order chi connectivity index (χ1) is 13.9. The molecule has 3 rings (SSSR count). The third-order valence-corrected chi connectivity index (χ3v) is 5.23. The van der Waals surface area contributed by atoms with Crippen LogP contribution >= 0.6 is 0 Å². The molecule has 1 aromatic heterocycles. The monoisotopic (exact) mass is 412 g/mol. The molecule has 1 unspecified atom stereocenters. The topological polar surface area (TPSA) is 105 Å². The number of aromatic amines is 1. The molecule has 7 nitrogen and oxygen atoms in total. The molecule has 2 N–H and O–H groups in total. The highest BCUT2D eigenvalue weighted by Crippen LogP contribution is 2.19. The van der Waals surface area contributed by atoms with Gasteiger partial charge in [-0.3, -0.25) is 9.59 Å². The third-order valence-electron chi connectivity index (χ3n) is 4.19. The highest BCUT2D eigenvalue weighted by Gasteiger charge is 2.22. The average Bonchev–Trinajstić information content (AvgIpc) is 3.15. The van der Waals surface area contributed by atoms with Crippen molar-refractivity contribution in [2.75, 3.05) is 6.54 Å². The number of fused-ring (bicyclic) bond motifs is 1. The number of hydrogen-bond donors (Lipinski definition) is 2. The number of benzene rings is 2. The molecule has 0 aliphatic carbocycles. The second-order valence-corrected chi connectivity index (χ2v) is 7.97. The first kappa shape index (κ1) is 20.5. The fourth-order valence-corrected chi connectivity index (χ4v) is 3.48. The third kappa shape index (κ3) is 5.40. The largest absolute Gasteiger partial charge is 0.453 e. The van der Waals surface area contributed by atoms with Crippen molar-refractivity contribution in [3.63, 3.8) is 0 Å². The number of sulfonamides is 1. The van der Waals surface area contributed by atoms with E-state index in [1.165, 1.54) is 13.0 Å². The van der Waals surface area contributed by atoms with Crippen LogP contribution in [0.15, 0.2) is 66.2 Å². The van der Waals surface area contributed by atoms with Crippen LogP contribution in [0.2, 0.25) is 0 Å². The van der Waals surface area contributed by atoms with Gasteiger partial charge < -0.3 is 9.72 Å². The first-order valence-electron chi connectivity index (χ1n) is 8.88. The van der Waals surface area contributed by atoms with Crippen molar-refractivity contribution in [2.45, 2.75) is 13.0 Å². The quantitative estimate of drug-likeness (QED) is 0.437. The van der Waals surface area contributed by atoms with E-state index in [9.17, 15) is 18.0 Å². The molecule has 1 heterocycles. The van der Waals surface area contributed by atoms with Crippen molar-refractivity contribution >= 4 is 38.8 Å². The van der Waals surface area contributed by atoms with Crippen LogP contribution < -0.4 is 4.72 Å². The molecule has 0 amide bonds. The van der Waals surface area contributed by atoms with Crippen LogP contribution in [0.5, 0.6) is 0 Å². The molecular formula is C21H20N2O5S. The van der Waals surface area contributed by atoms with Crippen LogP contribution in [0.1, 0.15) is 22.8 Å². The fraction of sp³-hybridized carbons (Fsp3) is 0.143. The van der Waals surface area contributed by atoms with Gasteiger partial charge in [0, 0.05) is 28.1 Å². The lowest BCUT2D eigenvalue weighted by atomic mass is 10.1. The molecule has 8 heteroatoms. The van der Waals surface area contributed by atoms with E-state index < -0.39 is 28.6 Å². The van der Waals surface area contributed by atoms with E-state index in [2.05, 4.69) is 9.71 Å². The second-order valence-electron chi connectivity index (χ2n) is 6.32. The summed E-state index contributed by atoms with van der Waals surface area (Å²) in [5.74, 6) is -1.22. The number of ketones is 1. The molecule has 0 saturated heterocycles. The molecule has 150 valence electrons. The normalized spacial score (nSPS) is 12.9. The Kier molecular flexibility index (Phi) is 6.26. The van der Waals surface area contributed by atoms with Gasteiger partial charge in [-0.1, -0.05) is 48.5 Å². The molecule has 2 aromatic carbocycles. The van der Waals surface area contributed by atoms with Gasteiger partial charge in [-0.2, -0.15) is 0 Å². The lowest BCUT2D eigenvalue weighted by Crippen LogP contribution is -2.33. The van der Waals surface area contributed by atoms with E-state index in [0.29, 0.717) is 11.1 Å². The number of carbonyl (C=O) groups is 2. The summed E-state index contributed by atoms with van der Waals surface area (Å²) in [5, 5.41) is 1.70. The molecule has 1 atom stereocenters. The Labute approximate surface area is 168 Å². The number of ether oxygens (including phenoxy) is 1. The minimum atomic E-state index is -3.82. The van der Waals surface area contributed by atoms with Crippen molar-refractivity contribution in [1.29, 1.82) is 0 Å². The Hall–Kier alpha value is -3.23. The van der Waals surface area contributed by atoms with Crippen LogP contribution in [0.25, 0.3) is 17.0 Å². The van der Waals surface area contributed by atoms with Gasteiger partial charge in [-0.15, -0.1) is 0 Å². The number of aromatic nitrogens is 1. The summed E-state index contributed by atoms with van der Waals surface area (Å²) < 4.78 is 31.2. The van der Waals surface area contributed by atoms with Crippen LogP contribution in [0, 0.1) is 0 Å². The highest BCUT2D eigenvalue weighted by molar-refractivity contribution is 7.92. The highest BCUT2D eigenvalue weighted by atomic mass is 32.2. The number of carbonyl (C=O) groups excluding carboxylic acids is 2. The summed E-state index contributed by atoms with van der Waals surface area (Å²) in [6.07, 6.45) is 1.93. The van der Waals surface area contributed by atoms with E-state index in [0.717, 1.165) is 16.3 Å². The molecule has 0 radical (unpaired) electrons. The number of H-pyrrole nitrogens is 1. The number of nitrogens with one attached hydrogen (secondary N) is 2. The van der Waals surface area contributed by atoms with Gasteiger partial charge in [-0.25, -0.2) is 13.1 Å². The Bertz CT molecular complexity index is 1150. The minimum Gasteiger partial charge on any atom is -0.453 e. The standard InChI is InChI=1S/C21H20N2O5S/c1-15(21(25)18-13-22-19-10-6-5-9-17(18)19)28-20(24)14-23-29(26,27)12-11-16-7-3-2-4-8-16/h2-13,15,22-23H,14H2,1H3/b12-11+. The predicted octanol–water partition coefficient (Wildman–Crippen LogP) is 2.87. The molecule has 29 heavy (non-hydrogen) atoms. The SMILES string of the molecule is CC(OC(=O)CNS(=O)(=O)/C=C/c1ccccc1)C(=O)c1c[nH]c2ccccc12. The molecule has 0 bridgehead atoms.